The highest BCUT2D eigenvalue weighted by molar-refractivity contribution is 7.17. The Bertz CT molecular complexity index is 894. The van der Waals surface area contributed by atoms with Gasteiger partial charge in [0.25, 0.3) is 5.91 Å². The van der Waals surface area contributed by atoms with Gasteiger partial charge in [-0.15, -0.1) is 11.3 Å². The third-order valence-corrected chi connectivity index (χ3v) is 4.79. The molecule has 1 amide bonds. The first kappa shape index (κ1) is 16.9. The van der Waals surface area contributed by atoms with Crippen molar-refractivity contribution in [3.8, 4) is 22.1 Å². The van der Waals surface area contributed by atoms with Gasteiger partial charge in [0, 0.05) is 24.0 Å². The number of thiazole rings is 1. The van der Waals surface area contributed by atoms with Crippen molar-refractivity contribution >= 4 is 22.9 Å². The van der Waals surface area contributed by atoms with E-state index in [-0.39, 0.29) is 5.91 Å². The normalized spacial score (nSPS) is 10.4. The highest BCUT2D eigenvalue weighted by Gasteiger charge is 2.18. The Labute approximate surface area is 149 Å². The van der Waals surface area contributed by atoms with Crippen LogP contribution in [0.1, 0.15) is 15.4 Å². The third kappa shape index (κ3) is 3.61. The zero-order chi connectivity index (χ0) is 17.8. The zero-order valence-corrected chi connectivity index (χ0v) is 14.9. The zero-order valence-electron chi connectivity index (χ0n) is 14.1. The Morgan fingerprint density at radius 2 is 1.88 bits per heavy atom. The number of rotatable bonds is 5. The summed E-state index contributed by atoms with van der Waals surface area (Å²) in [5, 5.41) is 3.66. The largest absolute Gasteiger partial charge is 0.497 e. The summed E-state index contributed by atoms with van der Waals surface area (Å²) in [6.45, 7) is 1.82. The molecule has 25 heavy (non-hydrogen) atoms. The summed E-state index contributed by atoms with van der Waals surface area (Å²) in [5.41, 5.74) is 2.19. The minimum Gasteiger partial charge on any atom is -0.497 e. The molecule has 0 unspecified atom stereocenters. The molecule has 6 nitrogen and oxygen atoms in total. The lowest BCUT2D eigenvalue weighted by Gasteiger charge is -2.11. The number of aromatic nitrogens is 2. The van der Waals surface area contributed by atoms with E-state index in [2.05, 4.69) is 15.3 Å². The fourth-order valence-corrected chi connectivity index (χ4v) is 3.27. The molecule has 0 aliphatic carbocycles. The van der Waals surface area contributed by atoms with Crippen LogP contribution in [0, 0.1) is 6.92 Å². The van der Waals surface area contributed by atoms with Crippen molar-refractivity contribution < 1.29 is 14.3 Å². The Kier molecular flexibility index (Phi) is 4.95. The maximum Gasteiger partial charge on any atom is 0.267 e. The average Bonchev–Trinajstić information content (AvgIpc) is 3.04. The number of amides is 1. The summed E-state index contributed by atoms with van der Waals surface area (Å²) >= 11 is 1.34. The van der Waals surface area contributed by atoms with E-state index >= 15 is 0 Å². The fraction of sp³-hybridized carbons (Fsp3) is 0.167. The molecule has 0 fully saturated rings. The summed E-state index contributed by atoms with van der Waals surface area (Å²) in [4.78, 5) is 21.7. The summed E-state index contributed by atoms with van der Waals surface area (Å²) in [7, 11) is 3.12. The number of methoxy groups -OCH3 is 2. The number of hydrogen-bond acceptors (Lipinski definition) is 6. The predicted octanol–water partition coefficient (Wildman–Crippen LogP) is 3.78. The summed E-state index contributed by atoms with van der Waals surface area (Å²) in [6, 6.07) is 8.96. The van der Waals surface area contributed by atoms with Gasteiger partial charge < -0.3 is 14.8 Å². The van der Waals surface area contributed by atoms with E-state index in [1.165, 1.54) is 11.3 Å². The molecule has 0 spiro atoms. The molecular weight excluding hydrogens is 338 g/mol. The molecule has 1 aromatic carbocycles. The first-order valence-corrected chi connectivity index (χ1v) is 8.35. The number of anilines is 1. The van der Waals surface area contributed by atoms with Crippen molar-refractivity contribution in [2.24, 2.45) is 0 Å². The molecule has 128 valence electrons. The van der Waals surface area contributed by atoms with E-state index in [0.29, 0.717) is 27.8 Å². The SMILES string of the molecule is COc1ccc(NC(=O)c2sc(-c3ccncc3)nc2C)c(OC)c1. The van der Waals surface area contributed by atoms with Gasteiger partial charge in [-0.25, -0.2) is 4.98 Å². The summed E-state index contributed by atoms with van der Waals surface area (Å²) in [5.74, 6) is 0.965. The molecule has 0 aliphatic heterocycles. The minimum absolute atomic E-state index is 0.223. The van der Waals surface area contributed by atoms with Crippen LogP contribution < -0.4 is 14.8 Å². The highest BCUT2D eigenvalue weighted by Crippen LogP contribution is 2.31. The average molecular weight is 355 g/mol. The monoisotopic (exact) mass is 355 g/mol. The van der Waals surface area contributed by atoms with Crippen molar-refractivity contribution in [1.29, 1.82) is 0 Å². The molecule has 3 aromatic rings. The van der Waals surface area contributed by atoms with Gasteiger partial charge >= 0.3 is 0 Å². The first-order valence-electron chi connectivity index (χ1n) is 7.53. The molecule has 2 aromatic heterocycles. The van der Waals surface area contributed by atoms with Gasteiger partial charge in [0.05, 0.1) is 25.6 Å². The molecular formula is C18H17N3O3S. The van der Waals surface area contributed by atoms with Crippen molar-refractivity contribution in [2.75, 3.05) is 19.5 Å². The van der Waals surface area contributed by atoms with E-state index in [0.717, 1.165) is 10.6 Å². The second kappa shape index (κ2) is 7.31. The Morgan fingerprint density at radius 1 is 1.12 bits per heavy atom. The van der Waals surface area contributed by atoms with Gasteiger partial charge in [-0.1, -0.05) is 0 Å². The number of benzene rings is 1. The van der Waals surface area contributed by atoms with Crippen molar-refractivity contribution in [3.63, 3.8) is 0 Å². The molecule has 7 heteroatoms. The molecule has 0 atom stereocenters. The van der Waals surface area contributed by atoms with Gasteiger partial charge in [0.15, 0.2) is 0 Å². The molecule has 3 rings (SSSR count). The Balaban J connectivity index is 1.86. The quantitative estimate of drug-likeness (QED) is 0.754. The van der Waals surface area contributed by atoms with Gasteiger partial charge in [0.2, 0.25) is 0 Å². The molecule has 2 heterocycles. The lowest BCUT2D eigenvalue weighted by atomic mass is 10.2. The highest BCUT2D eigenvalue weighted by atomic mass is 32.1. The molecule has 0 saturated carbocycles. The van der Waals surface area contributed by atoms with Crippen LogP contribution in [0.15, 0.2) is 42.7 Å². The number of carbonyl (C=O) groups is 1. The topological polar surface area (TPSA) is 73.3 Å². The lowest BCUT2D eigenvalue weighted by Crippen LogP contribution is -2.12. The second-order valence-electron chi connectivity index (χ2n) is 5.19. The van der Waals surface area contributed by atoms with E-state index < -0.39 is 0 Å². The number of nitrogens with one attached hydrogen (secondary N) is 1. The molecule has 0 bridgehead atoms. The second-order valence-corrected chi connectivity index (χ2v) is 6.19. The van der Waals surface area contributed by atoms with Crippen LogP contribution in [-0.4, -0.2) is 30.1 Å². The van der Waals surface area contributed by atoms with Crippen LogP contribution in [0.2, 0.25) is 0 Å². The number of nitrogens with zero attached hydrogens (tertiary/aromatic N) is 2. The van der Waals surface area contributed by atoms with Gasteiger partial charge in [-0.3, -0.25) is 9.78 Å². The lowest BCUT2D eigenvalue weighted by molar-refractivity contribution is 0.102. The Morgan fingerprint density at radius 3 is 2.56 bits per heavy atom. The number of carbonyl (C=O) groups excluding carboxylic acids is 1. The molecule has 0 saturated heterocycles. The van der Waals surface area contributed by atoms with Crippen molar-refractivity contribution in [1.82, 2.24) is 9.97 Å². The molecule has 1 N–H and O–H groups in total. The van der Waals surface area contributed by atoms with Gasteiger partial charge in [0.1, 0.15) is 21.4 Å². The standard InChI is InChI=1S/C18H17N3O3S/c1-11-16(25-18(20-11)12-6-8-19-9-7-12)17(22)21-14-5-4-13(23-2)10-15(14)24-3/h4-10H,1-3H3,(H,21,22). The maximum absolute atomic E-state index is 12.7. The summed E-state index contributed by atoms with van der Waals surface area (Å²) < 4.78 is 10.5. The number of aryl methyl sites for hydroxylation is 1. The maximum atomic E-state index is 12.7. The fourth-order valence-electron chi connectivity index (χ4n) is 2.31. The smallest absolute Gasteiger partial charge is 0.267 e. The van der Waals surface area contributed by atoms with Crippen LogP contribution in [-0.2, 0) is 0 Å². The van der Waals surface area contributed by atoms with E-state index in [4.69, 9.17) is 9.47 Å². The van der Waals surface area contributed by atoms with Gasteiger partial charge in [-0.05, 0) is 31.2 Å². The van der Waals surface area contributed by atoms with Crippen molar-refractivity contribution in [3.05, 3.63) is 53.3 Å². The number of ether oxygens (including phenoxy) is 2. The van der Waals surface area contributed by atoms with Crippen molar-refractivity contribution in [2.45, 2.75) is 6.92 Å². The van der Waals surface area contributed by atoms with Crippen LogP contribution in [0.25, 0.3) is 10.6 Å². The molecule has 0 aliphatic rings. The minimum atomic E-state index is -0.223. The van der Waals surface area contributed by atoms with Crippen LogP contribution >= 0.6 is 11.3 Å². The van der Waals surface area contributed by atoms with E-state index in [1.54, 1.807) is 44.8 Å². The number of hydrogen-bond donors (Lipinski definition) is 1. The predicted molar refractivity (Wildman–Crippen MR) is 97.6 cm³/mol. The Hall–Kier alpha value is -2.93. The first-order chi connectivity index (χ1) is 12.1. The molecule has 0 radical (unpaired) electrons. The van der Waals surface area contributed by atoms with Gasteiger partial charge in [-0.2, -0.15) is 0 Å². The van der Waals surface area contributed by atoms with E-state index in [1.807, 2.05) is 19.1 Å². The van der Waals surface area contributed by atoms with Crippen LogP contribution in [0.4, 0.5) is 5.69 Å². The number of pyridine rings is 1. The summed E-state index contributed by atoms with van der Waals surface area (Å²) in [6.07, 6.45) is 3.40. The third-order valence-electron chi connectivity index (χ3n) is 3.59. The van der Waals surface area contributed by atoms with E-state index in [9.17, 15) is 4.79 Å². The van der Waals surface area contributed by atoms with Crippen LogP contribution in [0.5, 0.6) is 11.5 Å². The van der Waals surface area contributed by atoms with Crippen LogP contribution in [0.3, 0.4) is 0 Å².